The zero-order chi connectivity index (χ0) is 13.6. The van der Waals surface area contributed by atoms with E-state index in [0.29, 0.717) is 13.2 Å². The molecule has 1 aromatic rings. The molecule has 0 aromatic heterocycles. The van der Waals surface area contributed by atoms with Gasteiger partial charge in [0.15, 0.2) is 0 Å². The third-order valence-corrected chi connectivity index (χ3v) is 3.38. The lowest BCUT2D eigenvalue weighted by Crippen LogP contribution is -2.40. The summed E-state index contributed by atoms with van der Waals surface area (Å²) in [5.74, 6) is 0.878. The molecule has 0 saturated heterocycles. The van der Waals surface area contributed by atoms with Crippen LogP contribution < -0.4 is 10.5 Å². The quantitative estimate of drug-likeness (QED) is 0.808. The van der Waals surface area contributed by atoms with Gasteiger partial charge in [-0.05, 0) is 44.9 Å². The molecule has 18 heavy (non-hydrogen) atoms. The van der Waals surface area contributed by atoms with Gasteiger partial charge in [0.25, 0.3) is 0 Å². The van der Waals surface area contributed by atoms with Gasteiger partial charge in [0.2, 0.25) is 0 Å². The van der Waals surface area contributed by atoms with Crippen LogP contribution in [0.3, 0.4) is 0 Å². The molecule has 1 rings (SSSR count). The van der Waals surface area contributed by atoms with Crippen LogP contribution in [0.1, 0.15) is 45.7 Å². The van der Waals surface area contributed by atoms with E-state index in [9.17, 15) is 0 Å². The Morgan fingerprint density at radius 3 is 2.17 bits per heavy atom. The molecule has 0 saturated carbocycles. The molecule has 2 unspecified atom stereocenters. The fourth-order valence-corrected chi connectivity index (χ4v) is 2.03. The van der Waals surface area contributed by atoms with Crippen LogP contribution >= 0.6 is 0 Å². The number of ether oxygens (including phenoxy) is 2. The topological polar surface area (TPSA) is 44.5 Å². The molecule has 0 fully saturated rings. The van der Waals surface area contributed by atoms with Crippen molar-refractivity contribution in [3.05, 3.63) is 29.8 Å². The maximum atomic E-state index is 6.33. The highest BCUT2D eigenvalue weighted by atomic mass is 16.5. The molecule has 3 heteroatoms. The lowest BCUT2D eigenvalue weighted by Gasteiger charge is -2.34. The standard InChI is InChI=1S/C15H25NO2/c1-5-15(4,18-7-3)14(16)12-8-10-13(11-9-12)17-6-2/h8-11,14H,5-7,16H2,1-4H3. The normalized spacial score (nSPS) is 16.1. The van der Waals surface area contributed by atoms with E-state index in [1.54, 1.807) is 0 Å². The molecule has 0 spiro atoms. The Morgan fingerprint density at radius 2 is 1.72 bits per heavy atom. The molecule has 0 bridgehead atoms. The molecule has 0 aliphatic rings. The second-order valence-electron chi connectivity index (χ2n) is 4.58. The molecule has 102 valence electrons. The van der Waals surface area contributed by atoms with E-state index in [0.717, 1.165) is 17.7 Å². The average molecular weight is 251 g/mol. The van der Waals surface area contributed by atoms with Gasteiger partial charge >= 0.3 is 0 Å². The van der Waals surface area contributed by atoms with Crippen molar-refractivity contribution in [3.63, 3.8) is 0 Å². The number of rotatable bonds is 7. The summed E-state index contributed by atoms with van der Waals surface area (Å²) in [6, 6.07) is 7.82. The highest BCUT2D eigenvalue weighted by Crippen LogP contribution is 2.30. The molecular weight excluding hydrogens is 226 g/mol. The molecule has 0 radical (unpaired) electrons. The number of benzene rings is 1. The Balaban J connectivity index is 2.84. The van der Waals surface area contributed by atoms with Gasteiger partial charge < -0.3 is 15.2 Å². The van der Waals surface area contributed by atoms with E-state index in [1.165, 1.54) is 0 Å². The van der Waals surface area contributed by atoms with Crippen molar-refractivity contribution in [1.29, 1.82) is 0 Å². The van der Waals surface area contributed by atoms with Crippen molar-refractivity contribution in [1.82, 2.24) is 0 Å². The van der Waals surface area contributed by atoms with Crippen LogP contribution in [0.5, 0.6) is 5.75 Å². The van der Waals surface area contributed by atoms with Crippen molar-refractivity contribution in [2.24, 2.45) is 5.73 Å². The summed E-state index contributed by atoms with van der Waals surface area (Å²) in [4.78, 5) is 0. The summed E-state index contributed by atoms with van der Waals surface area (Å²) in [5.41, 5.74) is 7.09. The molecule has 2 N–H and O–H groups in total. The van der Waals surface area contributed by atoms with Gasteiger partial charge in [-0.3, -0.25) is 0 Å². The highest BCUT2D eigenvalue weighted by molar-refractivity contribution is 5.30. The smallest absolute Gasteiger partial charge is 0.119 e. The molecule has 0 heterocycles. The first-order valence-electron chi connectivity index (χ1n) is 6.69. The molecule has 3 nitrogen and oxygen atoms in total. The second-order valence-corrected chi connectivity index (χ2v) is 4.58. The van der Waals surface area contributed by atoms with E-state index < -0.39 is 0 Å². The number of nitrogens with two attached hydrogens (primary N) is 1. The van der Waals surface area contributed by atoms with Gasteiger partial charge in [0, 0.05) is 6.61 Å². The van der Waals surface area contributed by atoms with E-state index in [4.69, 9.17) is 15.2 Å². The van der Waals surface area contributed by atoms with Crippen molar-refractivity contribution in [2.45, 2.75) is 45.8 Å². The van der Waals surface area contributed by atoms with Crippen molar-refractivity contribution in [2.75, 3.05) is 13.2 Å². The van der Waals surface area contributed by atoms with Gasteiger partial charge in [0.05, 0.1) is 18.2 Å². The van der Waals surface area contributed by atoms with Gasteiger partial charge in [-0.1, -0.05) is 19.1 Å². The average Bonchev–Trinajstić information content (AvgIpc) is 2.39. The van der Waals surface area contributed by atoms with Crippen LogP contribution in [0.2, 0.25) is 0 Å². The first kappa shape index (κ1) is 15.0. The monoisotopic (exact) mass is 251 g/mol. The summed E-state index contributed by atoms with van der Waals surface area (Å²) in [6.07, 6.45) is 0.884. The van der Waals surface area contributed by atoms with Crippen molar-refractivity contribution >= 4 is 0 Å². The van der Waals surface area contributed by atoms with E-state index in [-0.39, 0.29) is 11.6 Å². The molecule has 0 aliphatic heterocycles. The number of hydrogen-bond donors (Lipinski definition) is 1. The third-order valence-electron chi connectivity index (χ3n) is 3.38. The summed E-state index contributed by atoms with van der Waals surface area (Å²) in [7, 11) is 0. The second kappa shape index (κ2) is 6.76. The zero-order valence-corrected chi connectivity index (χ0v) is 11.9. The van der Waals surface area contributed by atoms with Crippen LogP contribution in [0, 0.1) is 0 Å². The largest absolute Gasteiger partial charge is 0.494 e. The van der Waals surface area contributed by atoms with Crippen molar-refractivity contribution < 1.29 is 9.47 Å². The highest BCUT2D eigenvalue weighted by Gasteiger charge is 2.31. The summed E-state index contributed by atoms with van der Waals surface area (Å²) in [6.45, 7) is 9.50. The first-order valence-corrected chi connectivity index (χ1v) is 6.69. The Hall–Kier alpha value is -1.06. The Labute approximate surface area is 110 Å². The maximum absolute atomic E-state index is 6.33. The van der Waals surface area contributed by atoms with Crippen molar-refractivity contribution in [3.8, 4) is 5.75 Å². The van der Waals surface area contributed by atoms with Crippen LogP contribution in [0.25, 0.3) is 0 Å². The van der Waals surface area contributed by atoms with Crippen LogP contribution in [-0.2, 0) is 4.74 Å². The fourth-order valence-electron chi connectivity index (χ4n) is 2.03. The summed E-state index contributed by atoms with van der Waals surface area (Å²) in [5, 5.41) is 0. The summed E-state index contributed by atoms with van der Waals surface area (Å²) >= 11 is 0. The minimum atomic E-state index is -0.318. The van der Waals surface area contributed by atoms with E-state index in [2.05, 4.69) is 13.8 Å². The SMILES string of the molecule is CCOc1ccc(C(N)C(C)(CC)OCC)cc1. The molecule has 1 aromatic carbocycles. The Kier molecular flexibility index (Phi) is 5.63. The molecule has 0 aliphatic carbocycles. The zero-order valence-electron chi connectivity index (χ0n) is 11.9. The fraction of sp³-hybridized carbons (Fsp3) is 0.600. The van der Waals surface area contributed by atoms with Crippen LogP contribution in [-0.4, -0.2) is 18.8 Å². The number of hydrogen-bond acceptors (Lipinski definition) is 3. The molecular formula is C15H25NO2. The molecule has 0 amide bonds. The Bertz CT molecular complexity index is 350. The first-order chi connectivity index (χ1) is 8.57. The third kappa shape index (κ3) is 3.47. The minimum absolute atomic E-state index is 0.127. The van der Waals surface area contributed by atoms with Crippen LogP contribution in [0.15, 0.2) is 24.3 Å². The van der Waals surface area contributed by atoms with E-state index in [1.807, 2.05) is 38.1 Å². The van der Waals surface area contributed by atoms with Gasteiger partial charge in [-0.15, -0.1) is 0 Å². The van der Waals surface area contributed by atoms with Crippen LogP contribution in [0.4, 0.5) is 0 Å². The predicted octanol–water partition coefficient (Wildman–Crippen LogP) is 3.29. The maximum Gasteiger partial charge on any atom is 0.119 e. The lowest BCUT2D eigenvalue weighted by molar-refractivity contribution is -0.0472. The minimum Gasteiger partial charge on any atom is -0.494 e. The summed E-state index contributed by atoms with van der Waals surface area (Å²) < 4.78 is 11.2. The van der Waals surface area contributed by atoms with Gasteiger partial charge in [-0.25, -0.2) is 0 Å². The van der Waals surface area contributed by atoms with Gasteiger partial charge in [-0.2, -0.15) is 0 Å². The van der Waals surface area contributed by atoms with E-state index >= 15 is 0 Å². The Morgan fingerprint density at radius 1 is 1.11 bits per heavy atom. The lowest BCUT2D eigenvalue weighted by atomic mass is 9.88. The predicted molar refractivity (Wildman–Crippen MR) is 74.9 cm³/mol. The molecule has 2 atom stereocenters. The van der Waals surface area contributed by atoms with Gasteiger partial charge in [0.1, 0.15) is 5.75 Å².